The Hall–Kier alpha value is -3.07. The first-order valence-corrected chi connectivity index (χ1v) is 10.5. The van der Waals surface area contributed by atoms with Crippen molar-refractivity contribution in [2.75, 3.05) is 38.0 Å². The summed E-state index contributed by atoms with van der Waals surface area (Å²) in [6.07, 6.45) is 1.05. The van der Waals surface area contributed by atoms with Crippen molar-refractivity contribution in [3.63, 3.8) is 0 Å². The quantitative estimate of drug-likeness (QED) is 0.693. The van der Waals surface area contributed by atoms with Gasteiger partial charge >= 0.3 is 0 Å². The smallest absolute Gasteiger partial charge is 0.270 e. The van der Waals surface area contributed by atoms with E-state index >= 15 is 0 Å². The van der Waals surface area contributed by atoms with E-state index in [1.807, 2.05) is 12.1 Å². The Morgan fingerprint density at radius 2 is 2.00 bits per heavy atom. The number of alkyl halides is 1. The van der Waals surface area contributed by atoms with Gasteiger partial charge < -0.3 is 15.5 Å². The van der Waals surface area contributed by atoms with E-state index in [1.165, 1.54) is 24.4 Å². The lowest BCUT2D eigenvalue weighted by molar-refractivity contribution is -0.132. The van der Waals surface area contributed by atoms with Gasteiger partial charge in [0.25, 0.3) is 5.91 Å². The average molecular weight is 426 g/mol. The van der Waals surface area contributed by atoms with Gasteiger partial charge in [-0.05, 0) is 17.5 Å². The number of aromatic nitrogens is 2. The molecule has 2 aromatic rings. The van der Waals surface area contributed by atoms with Crippen LogP contribution < -0.4 is 10.6 Å². The van der Waals surface area contributed by atoms with Gasteiger partial charge in [-0.25, -0.2) is 14.4 Å². The number of hydrogen-bond acceptors (Lipinski definition) is 6. The lowest BCUT2D eigenvalue weighted by atomic mass is 10.00. The number of rotatable bonds is 7. The molecule has 4 rings (SSSR count). The number of carbonyl (C=O) groups excluding carboxylic acids is 2. The molecule has 9 heteroatoms. The number of anilines is 1. The van der Waals surface area contributed by atoms with Crippen LogP contribution in [0, 0.1) is 0 Å². The number of fused-ring (bicyclic) bond motifs is 1. The fourth-order valence-electron chi connectivity index (χ4n) is 3.95. The van der Waals surface area contributed by atoms with Crippen LogP contribution in [0.5, 0.6) is 0 Å². The third kappa shape index (κ3) is 5.35. The van der Waals surface area contributed by atoms with Gasteiger partial charge in [0.1, 0.15) is 24.0 Å². The van der Waals surface area contributed by atoms with Crippen molar-refractivity contribution in [2.45, 2.75) is 32.1 Å². The lowest BCUT2D eigenvalue weighted by Gasteiger charge is -2.39. The second-order valence-electron chi connectivity index (χ2n) is 8.11. The van der Waals surface area contributed by atoms with Crippen LogP contribution in [0.4, 0.5) is 10.2 Å². The minimum Gasteiger partial charge on any atom is -0.364 e. The second-order valence-corrected chi connectivity index (χ2v) is 8.11. The first-order valence-electron chi connectivity index (χ1n) is 10.5. The molecule has 0 bridgehead atoms. The standard InChI is InChI=1S/C22H27FN6O2/c1-15(30)29-12-19(13-29)27-21-8-20(25-14-26-21)22(31)24-9-18(23)11-28-7-6-16-4-2-3-5-17(16)10-28/h2-5,8,14,18-19H,6-7,9-13H2,1H3,(H,24,31)(H,25,26,27). The Kier molecular flexibility index (Phi) is 6.41. The maximum Gasteiger partial charge on any atom is 0.270 e. The van der Waals surface area contributed by atoms with Crippen molar-refractivity contribution in [1.29, 1.82) is 0 Å². The number of hydrogen-bond donors (Lipinski definition) is 2. The summed E-state index contributed by atoms with van der Waals surface area (Å²) in [5.41, 5.74) is 2.75. The molecule has 1 aromatic carbocycles. The fourth-order valence-corrected chi connectivity index (χ4v) is 3.95. The van der Waals surface area contributed by atoms with Gasteiger partial charge in [0.05, 0.1) is 12.6 Å². The number of nitrogens with zero attached hydrogens (tertiary/aromatic N) is 4. The van der Waals surface area contributed by atoms with Crippen LogP contribution >= 0.6 is 0 Å². The topological polar surface area (TPSA) is 90.5 Å². The van der Waals surface area contributed by atoms with Crippen LogP contribution in [-0.4, -0.2) is 76.5 Å². The van der Waals surface area contributed by atoms with E-state index in [9.17, 15) is 14.0 Å². The Morgan fingerprint density at radius 3 is 2.77 bits per heavy atom. The molecule has 1 fully saturated rings. The van der Waals surface area contributed by atoms with E-state index in [2.05, 4.69) is 37.6 Å². The molecule has 3 heterocycles. The number of likely N-dealkylation sites (tertiary alicyclic amines) is 1. The molecule has 164 valence electrons. The van der Waals surface area contributed by atoms with Crippen molar-refractivity contribution in [2.24, 2.45) is 0 Å². The first-order chi connectivity index (χ1) is 15.0. The van der Waals surface area contributed by atoms with E-state index in [0.29, 0.717) is 18.9 Å². The molecular weight excluding hydrogens is 399 g/mol. The van der Waals surface area contributed by atoms with Gasteiger partial charge in [-0.2, -0.15) is 0 Å². The lowest BCUT2D eigenvalue weighted by Crippen LogP contribution is -2.56. The van der Waals surface area contributed by atoms with Crippen LogP contribution in [0.3, 0.4) is 0 Å². The molecule has 2 aliphatic rings. The summed E-state index contributed by atoms with van der Waals surface area (Å²) in [5.74, 6) is 0.114. The molecule has 0 spiro atoms. The summed E-state index contributed by atoms with van der Waals surface area (Å²) in [5, 5.41) is 5.81. The van der Waals surface area contributed by atoms with Gasteiger partial charge in [-0.1, -0.05) is 24.3 Å². The highest BCUT2D eigenvalue weighted by molar-refractivity contribution is 5.92. The molecular formula is C22H27FN6O2. The summed E-state index contributed by atoms with van der Waals surface area (Å²) in [6.45, 7) is 4.49. The zero-order valence-corrected chi connectivity index (χ0v) is 17.6. The Labute approximate surface area is 180 Å². The summed E-state index contributed by atoms with van der Waals surface area (Å²) >= 11 is 0. The molecule has 0 aliphatic carbocycles. The van der Waals surface area contributed by atoms with E-state index in [-0.39, 0.29) is 30.7 Å². The molecule has 1 aromatic heterocycles. The summed E-state index contributed by atoms with van der Waals surface area (Å²) < 4.78 is 14.5. The van der Waals surface area contributed by atoms with Crippen molar-refractivity contribution in [3.05, 3.63) is 53.5 Å². The van der Waals surface area contributed by atoms with Crippen molar-refractivity contribution < 1.29 is 14.0 Å². The predicted molar refractivity (Wildman–Crippen MR) is 114 cm³/mol. The summed E-state index contributed by atoms with van der Waals surface area (Å²) in [4.78, 5) is 35.6. The van der Waals surface area contributed by atoms with Gasteiger partial charge in [0.15, 0.2) is 0 Å². The van der Waals surface area contributed by atoms with Gasteiger partial charge in [0.2, 0.25) is 5.91 Å². The zero-order valence-electron chi connectivity index (χ0n) is 17.6. The molecule has 1 unspecified atom stereocenters. The maximum atomic E-state index is 14.5. The predicted octanol–water partition coefficient (Wildman–Crippen LogP) is 1.25. The maximum absolute atomic E-state index is 14.5. The fraction of sp³-hybridized carbons (Fsp3) is 0.455. The highest BCUT2D eigenvalue weighted by atomic mass is 19.1. The van der Waals surface area contributed by atoms with E-state index in [0.717, 1.165) is 19.5 Å². The van der Waals surface area contributed by atoms with Crippen LogP contribution in [0.15, 0.2) is 36.7 Å². The van der Waals surface area contributed by atoms with E-state index < -0.39 is 12.1 Å². The highest BCUT2D eigenvalue weighted by Crippen LogP contribution is 2.19. The number of halogens is 1. The van der Waals surface area contributed by atoms with Gasteiger partial charge in [0, 0.05) is 45.7 Å². The average Bonchev–Trinajstić information content (AvgIpc) is 2.74. The minimum absolute atomic E-state index is 0.0374. The highest BCUT2D eigenvalue weighted by Gasteiger charge is 2.28. The molecule has 2 amide bonds. The molecule has 0 saturated carbocycles. The van der Waals surface area contributed by atoms with Crippen LogP contribution in [-0.2, 0) is 17.8 Å². The van der Waals surface area contributed by atoms with Crippen molar-refractivity contribution in [3.8, 4) is 0 Å². The SMILES string of the molecule is CC(=O)N1CC(Nc2cc(C(=O)NCC(F)CN3CCc4ccccc4C3)ncn2)C1. The van der Waals surface area contributed by atoms with Crippen molar-refractivity contribution >= 4 is 17.6 Å². The molecule has 2 aliphatic heterocycles. The Balaban J connectivity index is 1.23. The minimum atomic E-state index is -1.17. The van der Waals surface area contributed by atoms with Gasteiger partial charge in [-0.15, -0.1) is 0 Å². The normalized spacial score (nSPS) is 17.4. The van der Waals surface area contributed by atoms with Crippen LogP contribution in [0.25, 0.3) is 0 Å². The molecule has 31 heavy (non-hydrogen) atoms. The third-order valence-corrected chi connectivity index (χ3v) is 5.73. The van der Waals surface area contributed by atoms with Crippen LogP contribution in [0.2, 0.25) is 0 Å². The van der Waals surface area contributed by atoms with Crippen LogP contribution in [0.1, 0.15) is 28.5 Å². The van der Waals surface area contributed by atoms with E-state index in [1.54, 1.807) is 11.0 Å². The molecule has 2 N–H and O–H groups in total. The number of carbonyl (C=O) groups is 2. The Bertz CT molecular complexity index is 949. The van der Waals surface area contributed by atoms with Gasteiger partial charge in [-0.3, -0.25) is 14.5 Å². The van der Waals surface area contributed by atoms with Crippen molar-refractivity contribution in [1.82, 2.24) is 25.1 Å². The molecule has 1 atom stereocenters. The second kappa shape index (κ2) is 9.38. The number of amides is 2. The monoisotopic (exact) mass is 426 g/mol. The summed E-state index contributed by atoms with van der Waals surface area (Å²) in [7, 11) is 0. The molecule has 1 saturated heterocycles. The summed E-state index contributed by atoms with van der Waals surface area (Å²) in [6, 6.07) is 9.88. The number of nitrogens with one attached hydrogen (secondary N) is 2. The Morgan fingerprint density at radius 1 is 1.23 bits per heavy atom. The molecule has 0 radical (unpaired) electrons. The zero-order chi connectivity index (χ0) is 21.8. The number of benzene rings is 1. The largest absolute Gasteiger partial charge is 0.364 e. The first kappa shape index (κ1) is 21.2. The third-order valence-electron chi connectivity index (χ3n) is 5.73. The van der Waals surface area contributed by atoms with E-state index in [4.69, 9.17) is 0 Å². The molecule has 8 nitrogen and oxygen atoms in total.